The molecule has 0 aliphatic carbocycles. The molecule has 2 amide bonds. The van der Waals surface area contributed by atoms with Gasteiger partial charge in [-0.1, -0.05) is 26.0 Å². The number of rotatable bonds is 8. The van der Waals surface area contributed by atoms with E-state index in [0.717, 1.165) is 0 Å². The fourth-order valence-electron chi connectivity index (χ4n) is 2.63. The van der Waals surface area contributed by atoms with E-state index in [2.05, 4.69) is 10.6 Å². The van der Waals surface area contributed by atoms with Crippen LogP contribution in [0.15, 0.2) is 65.1 Å². The van der Waals surface area contributed by atoms with Gasteiger partial charge in [-0.15, -0.1) is 0 Å². The molecule has 2 N–H and O–H groups in total. The minimum atomic E-state index is -0.479. The second kappa shape index (κ2) is 9.73. The summed E-state index contributed by atoms with van der Waals surface area (Å²) in [5.41, 5.74) is 0.766. The zero-order chi connectivity index (χ0) is 21.5. The minimum Gasteiger partial charge on any atom is -0.486 e. The Morgan fingerprint density at radius 1 is 1.00 bits per heavy atom. The molecule has 0 aliphatic heterocycles. The number of hydrogen-bond donors (Lipinski definition) is 2. The van der Waals surface area contributed by atoms with Crippen LogP contribution in [0.5, 0.6) is 5.75 Å². The molecule has 0 unspecified atom stereocenters. The molecule has 7 heteroatoms. The molecular weight excluding hydrogens is 387 g/mol. The molecular formula is C23H23FN2O4. The topological polar surface area (TPSA) is 80.6 Å². The zero-order valence-electron chi connectivity index (χ0n) is 16.8. The maximum Gasteiger partial charge on any atom is 0.291 e. The van der Waals surface area contributed by atoms with Crippen molar-refractivity contribution in [3.63, 3.8) is 0 Å². The first-order chi connectivity index (χ1) is 14.4. The summed E-state index contributed by atoms with van der Waals surface area (Å²) >= 11 is 0. The lowest BCUT2D eigenvalue weighted by atomic mass is 10.1. The van der Waals surface area contributed by atoms with E-state index < -0.39 is 5.91 Å². The highest BCUT2D eigenvalue weighted by Crippen LogP contribution is 2.19. The van der Waals surface area contributed by atoms with Crippen LogP contribution in [0.1, 0.15) is 40.5 Å². The van der Waals surface area contributed by atoms with Crippen LogP contribution in [0.2, 0.25) is 0 Å². The largest absolute Gasteiger partial charge is 0.486 e. The number of halogens is 1. The highest BCUT2D eigenvalue weighted by molar-refractivity contribution is 6.07. The number of carbonyl (C=O) groups is 2. The smallest absolute Gasteiger partial charge is 0.291 e. The quantitative estimate of drug-likeness (QED) is 0.567. The molecule has 1 aromatic heterocycles. The summed E-state index contributed by atoms with van der Waals surface area (Å²) in [5.74, 6) is 0.240. The summed E-state index contributed by atoms with van der Waals surface area (Å²) in [7, 11) is 0. The maximum absolute atomic E-state index is 12.9. The number of para-hydroxylation sites is 1. The summed E-state index contributed by atoms with van der Waals surface area (Å²) in [6.07, 6.45) is 0. The maximum atomic E-state index is 12.9. The highest BCUT2D eigenvalue weighted by Gasteiger charge is 2.16. The second-order valence-corrected chi connectivity index (χ2v) is 7.11. The third kappa shape index (κ3) is 5.70. The molecule has 0 saturated heterocycles. The van der Waals surface area contributed by atoms with Crippen molar-refractivity contribution >= 4 is 17.5 Å². The lowest BCUT2D eigenvalue weighted by molar-refractivity contribution is 0.0950. The van der Waals surface area contributed by atoms with Gasteiger partial charge in [-0.05, 0) is 54.4 Å². The summed E-state index contributed by atoms with van der Waals surface area (Å²) in [5, 5.41) is 5.55. The van der Waals surface area contributed by atoms with Crippen molar-refractivity contribution in [2.75, 3.05) is 11.9 Å². The molecule has 0 aliphatic rings. The Balaban J connectivity index is 1.63. The van der Waals surface area contributed by atoms with Crippen molar-refractivity contribution < 1.29 is 23.1 Å². The van der Waals surface area contributed by atoms with E-state index in [0.29, 0.717) is 35.2 Å². The van der Waals surface area contributed by atoms with Gasteiger partial charge in [0.1, 0.15) is 23.9 Å². The molecule has 2 aromatic carbocycles. The van der Waals surface area contributed by atoms with Crippen LogP contribution in [-0.4, -0.2) is 18.4 Å². The van der Waals surface area contributed by atoms with Crippen molar-refractivity contribution in [3.05, 3.63) is 83.6 Å². The third-order valence-electron chi connectivity index (χ3n) is 4.17. The lowest BCUT2D eigenvalue weighted by Gasteiger charge is -2.12. The van der Waals surface area contributed by atoms with Gasteiger partial charge >= 0.3 is 0 Å². The molecule has 0 atom stereocenters. The van der Waals surface area contributed by atoms with E-state index in [-0.39, 0.29) is 24.1 Å². The van der Waals surface area contributed by atoms with Crippen molar-refractivity contribution in [1.82, 2.24) is 5.32 Å². The van der Waals surface area contributed by atoms with E-state index in [9.17, 15) is 14.0 Å². The first-order valence-electron chi connectivity index (χ1n) is 9.58. The molecule has 0 radical (unpaired) electrons. The van der Waals surface area contributed by atoms with Gasteiger partial charge in [0, 0.05) is 6.54 Å². The molecule has 0 fully saturated rings. The first-order valence-corrected chi connectivity index (χ1v) is 9.58. The zero-order valence-corrected chi connectivity index (χ0v) is 16.8. The molecule has 6 nitrogen and oxygen atoms in total. The van der Waals surface area contributed by atoms with Crippen molar-refractivity contribution in [3.8, 4) is 5.75 Å². The van der Waals surface area contributed by atoms with Crippen molar-refractivity contribution in [2.45, 2.75) is 20.5 Å². The summed E-state index contributed by atoms with van der Waals surface area (Å²) in [6.45, 7) is 4.63. The van der Waals surface area contributed by atoms with Gasteiger partial charge in [0.05, 0.1) is 11.3 Å². The van der Waals surface area contributed by atoms with Crippen LogP contribution in [0.4, 0.5) is 10.1 Å². The number of benzene rings is 2. The second-order valence-electron chi connectivity index (χ2n) is 7.11. The van der Waals surface area contributed by atoms with Crippen LogP contribution in [0, 0.1) is 11.7 Å². The minimum absolute atomic E-state index is 0.0881. The van der Waals surface area contributed by atoms with Crippen LogP contribution in [0.3, 0.4) is 0 Å². The van der Waals surface area contributed by atoms with Gasteiger partial charge in [0.2, 0.25) is 0 Å². The van der Waals surface area contributed by atoms with Gasteiger partial charge in [-0.25, -0.2) is 4.39 Å². The summed E-state index contributed by atoms with van der Waals surface area (Å²) in [6, 6.07) is 15.5. The lowest BCUT2D eigenvalue weighted by Crippen LogP contribution is -2.28. The summed E-state index contributed by atoms with van der Waals surface area (Å²) < 4.78 is 24.0. The number of anilines is 1. The van der Waals surface area contributed by atoms with Crippen LogP contribution in [-0.2, 0) is 6.61 Å². The average Bonchev–Trinajstić information content (AvgIpc) is 3.21. The Kier molecular flexibility index (Phi) is 6.85. The van der Waals surface area contributed by atoms with Crippen molar-refractivity contribution in [1.29, 1.82) is 0 Å². The van der Waals surface area contributed by atoms with E-state index in [4.69, 9.17) is 9.15 Å². The number of furan rings is 1. The Morgan fingerprint density at radius 3 is 2.47 bits per heavy atom. The molecule has 30 heavy (non-hydrogen) atoms. The number of amides is 2. The van der Waals surface area contributed by atoms with Gasteiger partial charge in [0.15, 0.2) is 5.76 Å². The van der Waals surface area contributed by atoms with E-state index in [1.807, 2.05) is 13.8 Å². The molecule has 0 spiro atoms. The number of carbonyl (C=O) groups excluding carboxylic acids is 2. The average molecular weight is 410 g/mol. The SMILES string of the molecule is CC(C)CNC(=O)c1ccccc1NC(=O)c1ccc(COc2ccc(F)cc2)o1. The highest BCUT2D eigenvalue weighted by atomic mass is 19.1. The predicted octanol–water partition coefficient (Wildman–Crippen LogP) is 4.64. The Morgan fingerprint density at radius 2 is 1.73 bits per heavy atom. The monoisotopic (exact) mass is 410 g/mol. The molecule has 1 heterocycles. The van der Waals surface area contributed by atoms with Crippen molar-refractivity contribution in [2.24, 2.45) is 5.92 Å². The molecule has 0 saturated carbocycles. The molecule has 156 valence electrons. The summed E-state index contributed by atoms with van der Waals surface area (Å²) in [4.78, 5) is 25.0. The first kappa shape index (κ1) is 21.1. The third-order valence-corrected chi connectivity index (χ3v) is 4.17. The van der Waals surface area contributed by atoms with E-state index in [1.54, 1.807) is 30.3 Å². The van der Waals surface area contributed by atoms with Crippen LogP contribution < -0.4 is 15.4 Å². The fourth-order valence-corrected chi connectivity index (χ4v) is 2.63. The normalized spacial score (nSPS) is 10.7. The van der Waals surface area contributed by atoms with E-state index in [1.165, 1.54) is 30.3 Å². The Labute approximate surface area is 174 Å². The Hall–Kier alpha value is -3.61. The number of hydrogen-bond acceptors (Lipinski definition) is 4. The van der Waals surface area contributed by atoms with Gasteiger partial charge in [-0.3, -0.25) is 9.59 Å². The van der Waals surface area contributed by atoms with Crippen LogP contribution >= 0.6 is 0 Å². The van der Waals surface area contributed by atoms with Crippen LogP contribution in [0.25, 0.3) is 0 Å². The predicted molar refractivity (Wildman–Crippen MR) is 111 cm³/mol. The fraction of sp³-hybridized carbons (Fsp3) is 0.217. The van der Waals surface area contributed by atoms with Gasteiger partial charge in [0.25, 0.3) is 11.8 Å². The standard InChI is InChI=1S/C23H23FN2O4/c1-15(2)13-25-22(27)19-5-3-4-6-20(19)26-23(28)21-12-11-18(30-21)14-29-17-9-7-16(24)8-10-17/h3-12,15H,13-14H2,1-2H3,(H,25,27)(H,26,28). The van der Waals surface area contributed by atoms with Gasteiger partial charge in [-0.2, -0.15) is 0 Å². The molecule has 3 aromatic rings. The van der Waals surface area contributed by atoms with E-state index >= 15 is 0 Å². The number of ether oxygens (including phenoxy) is 1. The Bertz CT molecular complexity index is 1010. The number of nitrogens with one attached hydrogen (secondary N) is 2. The molecule has 0 bridgehead atoms. The molecule has 3 rings (SSSR count). The van der Waals surface area contributed by atoms with Gasteiger partial charge < -0.3 is 19.8 Å².